The maximum Gasteiger partial charge on any atom is 0.111 e. The lowest BCUT2D eigenvalue weighted by Gasteiger charge is -2.18. The molecule has 21 heavy (non-hydrogen) atoms. The van der Waals surface area contributed by atoms with Gasteiger partial charge in [-0.3, -0.25) is 0 Å². The summed E-state index contributed by atoms with van der Waals surface area (Å²) >= 11 is 12.4. The van der Waals surface area contributed by atoms with Crippen LogP contribution in [0, 0.1) is 5.92 Å². The molecule has 0 fully saturated rings. The SMILES string of the molecule is CC(C)CCCC(C)n1c(CCCl)nc2cccc(Cl)c21. The molecule has 0 aliphatic carbocycles. The molecule has 0 amide bonds. The van der Waals surface area contributed by atoms with Gasteiger partial charge in [0.1, 0.15) is 5.82 Å². The van der Waals surface area contributed by atoms with Crippen molar-refractivity contribution in [1.29, 1.82) is 0 Å². The number of aryl methyl sites for hydroxylation is 1. The smallest absolute Gasteiger partial charge is 0.111 e. The third-order valence-electron chi connectivity index (χ3n) is 3.90. The van der Waals surface area contributed by atoms with Gasteiger partial charge in [0.25, 0.3) is 0 Å². The molecule has 0 bridgehead atoms. The largest absolute Gasteiger partial charge is 0.324 e. The van der Waals surface area contributed by atoms with E-state index in [1.807, 2.05) is 18.2 Å². The summed E-state index contributed by atoms with van der Waals surface area (Å²) in [4.78, 5) is 4.72. The second kappa shape index (κ2) is 7.51. The topological polar surface area (TPSA) is 17.8 Å². The van der Waals surface area contributed by atoms with Gasteiger partial charge < -0.3 is 4.57 Å². The van der Waals surface area contributed by atoms with E-state index in [0.717, 1.165) is 40.6 Å². The normalized spacial score (nSPS) is 13.2. The second-order valence-corrected chi connectivity index (χ2v) is 6.90. The third-order valence-corrected chi connectivity index (χ3v) is 4.39. The fourth-order valence-electron chi connectivity index (χ4n) is 2.84. The Kier molecular flexibility index (Phi) is 5.95. The van der Waals surface area contributed by atoms with Crippen LogP contribution in [0.25, 0.3) is 11.0 Å². The minimum Gasteiger partial charge on any atom is -0.324 e. The minimum absolute atomic E-state index is 0.395. The molecule has 1 unspecified atom stereocenters. The Bertz CT molecular complexity index is 590. The van der Waals surface area contributed by atoms with Gasteiger partial charge in [0.15, 0.2) is 0 Å². The summed E-state index contributed by atoms with van der Waals surface area (Å²) in [6.45, 7) is 6.79. The van der Waals surface area contributed by atoms with Gasteiger partial charge in [0, 0.05) is 18.3 Å². The molecule has 0 N–H and O–H groups in total. The van der Waals surface area contributed by atoms with Gasteiger partial charge >= 0.3 is 0 Å². The second-order valence-electron chi connectivity index (χ2n) is 6.12. The molecule has 2 aromatic rings. The lowest BCUT2D eigenvalue weighted by Crippen LogP contribution is -2.10. The number of rotatable bonds is 7. The van der Waals surface area contributed by atoms with E-state index >= 15 is 0 Å². The number of nitrogens with zero attached hydrogens (tertiary/aromatic N) is 2. The van der Waals surface area contributed by atoms with Gasteiger partial charge in [-0.25, -0.2) is 4.98 Å². The van der Waals surface area contributed by atoms with Crippen molar-refractivity contribution in [1.82, 2.24) is 9.55 Å². The quantitative estimate of drug-likeness (QED) is 0.583. The average Bonchev–Trinajstić information content (AvgIpc) is 2.78. The van der Waals surface area contributed by atoms with Crippen LogP contribution >= 0.6 is 23.2 Å². The standard InChI is InChI=1S/C17H24Cl2N2/c1-12(2)6-4-7-13(3)21-16(10-11-18)20-15-9-5-8-14(19)17(15)21/h5,8-9,12-13H,4,6-7,10-11H2,1-3H3. The van der Waals surface area contributed by atoms with Crippen molar-refractivity contribution in [2.75, 3.05) is 5.88 Å². The first-order chi connectivity index (χ1) is 10.0. The highest BCUT2D eigenvalue weighted by Gasteiger charge is 2.17. The van der Waals surface area contributed by atoms with Crippen LogP contribution in [-0.4, -0.2) is 15.4 Å². The van der Waals surface area contributed by atoms with E-state index < -0.39 is 0 Å². The molecule has 1 heterocycles. The Labute approximate surface area is 137 Å². The Morgan fingerprint density at radius 1 is 1.19 bits per heavy atom. The van der Waals surface area contributed by atoms with Crippen molar-refractivity contribution >= 4 is 34.2 Å². The minimum atomic E-state index is 0.395. The number of fused-ring (bicyclic) bond motifs is 1. The first kappa shape index (κ1) is 16.6. The van der Waals surface area contributed by atoms with Gasteiger partial charge in [-0.1, -0.05) is 44.4 Å². The van der Waals surface area contributed by atoms with Gasteiger partial charge in [0.05, 0.1) is 16.1 Å². The van der Waals surface area contributed by atoms with Gasteiger partial charge in [-0.2, -0.15) is 0 Å². The number of benzene rings is 1. The zero-order valence-corrected chi connectivity index (χ0v) is 14.6. The van der Waals surface area contributed by atoms with Crippen LogP contribution in [0.4, 0.5) is 0 Å². The lowest BCUT2D eigenvalue weighted by molar-refractivity contribution is 0.445. The fourth-order valence-corrected chi connectivity index (χ4v) is 3.27. The molecule has 0 spiro atoms. The lowest BCUT2D eigenvalue weighted by atomic mass is 10.0. The zero-order chi connectivity index (χ0) is 15.4. The summed E-state index contributed by atoms with van der Waals surface area (Å²) in [6.07, 6.45) is 4.41. The summed E-state index contributed by atoms with van der Waals surface area (Å²) in [7, 11) is 0. The van der Waals surface area contributed by atoms with Gasteiger partial charge in [0.2, 0.25) is 0 Å². The number of aromatic nitrogens is 2. The number of alkyl halides is 1. The van der Waals surface area contributed by atoms with Gasteiger partial charge in [-0.15, -0.1) is 11.6 Å². The molecule has 1 atom stereocenters. The highest BCUT2D eigenvalue weighted by Crippen LogP contribution is 2.30. The summed E-state index contributed by atoms with van der Waals surface area (Å²) in [6, 6.07) is 6.31. The van der Waals surface area contributed by atoms with E-state index in [1.165, 1.54) is 12.8 Å². The first-order valence-electron chi connectivity index (χ1n) is 7.75. The molecule has 2 rings (SSSR count). The number of hydrogen-bond acceptors (Lipinski definition) is 1. The molecular weight excluding hydrogens is 303 g/mol. The Morgan fingerprint density at radius 3 is 2.62 bits per heavy atom. The first-order valence-corrected chi connectivity index (χ1v) is 8.67. The van der Waals surface area contributed by atoms with Crippen LogP contribution < -0.4 is 0 Å². The van der Waals surface area contributed by atoms with E-state index in [4.69, 9.17) is 28.2 Å². The Balaban J connectivity index is 2.32. The van der Waals surface area contributed by atoms with E-state index in [9.17, 15) is 0 Å². The highest BCUT2D eigenvalue weighted by atomic mass is 35.5. The van der Waals surface area contributed by atoms with Crippen LogP contribution in [-0.2, 0) is 6.42 Å². The predicted octanol–water partition coefficient (Wildman–Crippen LogP) is 5.86. The molecule has 0 saturated heterocycles. The highest BCUT2D eigenvalue weighted by molar-refractivity contribution is 6.35. The molecule has 1 aromatic carbocycles. The molecule has 0 aliphatic rings. The van der Waals surface area contributed by atoms with Crippen molar-refractivity contribution in [2.45, 2.75) is 52.5 Å². The maximum absolute atomic E-state index is 6.41. The van der Waals surface area contributed by atoms with Crippen LogP contribution in [0.5, 0.6) is 0 Å². The molecular formula is C17H24Cl2N2. The summed E-state index contributed by atoms with van der Waals surface area (Å²) in [5.41, 5.74) is 2.02. The van der Waals surface area contributed by atoms with E-state index in [-0.39, 0.29) is 0 Å². The maximum atomic E-state index is 6.41. The van der Waals surface area contributed by atoms with Crippen LogP contribution in [0.15, 0.2) is 18.2 Å². The van der Waals surface area contributed by atoms with E-state index in [1.54, 1.807) is 0 Å². The van der Waals surface area contributed by atoms with Crippen molar-refractivity contribution in [3.8, 4) is 0 Å². The molecule has 0 saturated carbocycles. The van der Waals surface area contributed by atoms with Gasteiger partial charge in [-0.05, 0) is 31.4 Å². The number of para-hydroxylation sites is 1. The Morgan fingerprint density at radius 2 is 1.95 bits per heavy atom. The van der Waals surface area contributed by atoms with Crippen molar-refractivity contribution in [3.63, 3.8) is 0 Å². The summed E-state index contributed by atoms with van der Waals surface area (Å²) in [5.74, 6) is 2.38. The zero-order valence-electron chi connectivity index (χ0n) is 13.1. The van der Waals surface area contributed by atoms with Crippen molar-refractivity contribution in [3.05, 3.63) is 29.0 Å². The van der Waals surface area contributed by atoms with Crippen molar-refractivity contribution < 1.29 is 0 Å². The van der Waals surface area contributed by atoms with Crippen molar-refractivity contribution in [2.24, 2.45) is 5.92 Å². The van der Waals surface area contributed by atoms with E-state index in [2.05, 4.69) is 25.3 Å². The molecule has 1 aromatic heterocycles. The molecule has 0 radical (unpaired) electrons. The Hall–Kier alpha value is -0.730. The predicted molar refractivity (Wildman–Crippen MR) is 92.6 cm³/mol. The van der Waals surface area contributed by atoms with E-state index in [0.29, 0.717) is 11.9 Å². The summed E-state index contributed by atoms with van der Waals surface area (Å²) in [5, 5.41) is 0.775. The average molecular weight is 327 g/mol. The monoisotopic (exact) mass is 326 g/mol. The molecule has 4 heteroatoms. The molecule has 2 nitrogen and oxygen atoms in total. The number of imidazole rings is 1. The summed E-state index contributed by atoms with van der Waals surface area (Å²) < 4.78 is 2.29. The molecule has 0 aliphatic heterocycles. The van der Waals surface area contributed by atoms with Crippen LogP contribution in [0.2, 0.25) is 5.02 Å². The molecule has 116 valence electrons. The third kappa shape index (κ3) is 3.92. The van der Waals surface area contributed by atoms with Crippen LogP contribution in [0.1, 0.15) is 51.9 Å². The number of halogens is 2. The number of hydrogen-bond donors (Lipinski definition) is 0. The van der Waals surface area contributed by atoms with Crippen LogP contribution in [0.3, 0.4) is 0 Å². The fraction of sp³-hybridized carbons (Fsp3) is 0.588.